The molecule has 0 aliphatic carbocycles. The molecule has 1 N–H and O–H groups in total. The van der Waals surface area contributed by atoms with Crippen molar-refractivity contribution in [2.45, 2.75) is 10.6 Å². The smallest absolute Gasteiger partial charge is 0.336 e. The van der Waals surface area contributed by atoms with Crippen molar-refractivity contribution in [1.82, 2.24) is 14.4 Å². The maximum atomic E-state index is 11.1. The van der Waals surface area contributed by atoms with Crippen molar-refractivity contribution in [3.63, 3.8) is 0 Å². The van der Waals surface area contributed by atoms with E-state index in [9.17, 15) is 4.79 Å². The van der Waals surface area contributed by atoms with Gasteiger partial charge in [0.2, 0.25) is 5.78 Å². The maximum Gasteiger partial charge on any atom is 0.336 e. The molecular weight excluding hydrogens is 354 g/mol. The van der Waals surface area contributed by atoms with E-state index in [0.29, 0.717) is 16.0 Å². The van der Waals surface area contributed by atoms with E-state index in [1.807, 2.05) is 28.9 Å². The van der Waals surface area contributed by atoms with Crippen LogP contribution in [0.15, 0.2) is 52.2 Å². The van der Waals surface area contributed by atoms with E-state index in [4.69, 9.17) is 5.11 Å². The van der Waals surface area contributed by atoms with Gasteiger partial charge in [0, 0.05) is 33.7 Å². The Morgan fingerprint density at radius 1 is 1.43 bits per heavy atom. The second kappa shape index (κ2) is 5.87. The van der Waals surface area contributed by atoms with E-state index in [1.54, 1.807) is 30.1 Å². The minimum absolute atomic E-state index is 0.261. The van der Waals surface area contributed by atoms with Crippen molar-refractivity contribution in [3.8, 4) is 0 Å². The van der Waals surface area contributed by atoms with Crippen LogP contribution in [0.3, 0.4) is 0 Å². The fraction of sp³-hybridized carbons (Fsp3) is 0.0714. The molecule has 1 aromatic carbocycles. The molecule has 0 bridgehead atoms. The van der Waals surface area contributed by atoms with Gasteiger partial charge in [-0.3, -0.25) is 4.40 Å². The Bertz CT molecular complexity index is 786. The summed E-state index contributed by atoms with van der Waals surface area (Å²) in [7, 11) is 0. The summed E-state index contributed by atoms with van der Waals surface area (Å²) < 4.78 is 2.44. The lowest BCUT2D eigenvalue weighted by molar-refractivity contribution is 0.0695. The Labute approximate surface area is 133 Å². The molecule has 0 radical (unpaired) electrons. The summed E-state index contributed by atoms with van der Waals surface area (Å²) in [6, 6.07) is 7.14. The third-order valence-corrected chi connectivity index (χ3v) is 4.56. The van der Waals surface area contributed by atoms with Crippen molar-refractivity contribution in [2.75, 3.05) is 0 Å². The monoisotopic (exact) mass is 363 g/mol. The van der Waals surface area contributed by atoms with Gasteiger partial charge in [0.05, 0.1) is 11.3 Å². The van der Waals surface area contributed by atoms with Gasteiger partial charge in [-0.1, -0.05) is 0 Å². The maximum absolute atomic E-state index is 11.1. The molecule has 0 saturated heterocycles. The Morgan fingerprint density at radius 3 is 3.05 bits per heavy atom. The number of aromatic nitrogens is 3. The molecule has 0 unspecified atom stereocenters. The third-order valence-electron chi connectivity index (χ3n) is 2.84. The zero-order valence-corrected chi connectivity index (χ0v) is 13.1. The molecule has 21 heavy (non-hydrogen) atoms. The molecule has 3 aromatic rings. The van der Waals surface area contributed by atoms with Crippen LogP contribution in [-0.2, 0) is 5.75 Å². The fourth-order valence-corrected chi connectivity index (χ4v) is 3.10. The van der Waals surface area contributed by atoms with Crippen LogP contribution in [0.25, 0.3) is 5.78 Å². The van der Waals surface area contributed by atoms with Gasteiger partial charge in [-0.05, 0) is 40.2 Å². The summed E-state index contributed by atoms with van der Waals surface area (Å²) in [6.45, 7) is 0. The molecule has 2 heterocycles. The Hall–Kier alpha value is -1.86. The van der Waals surface area contributed by atoms with E-state index < -0.39 is 5.97 Å². The number of nitrogens with zero attached hydrogens (tertiary/aromatic N) is 3. The summed E-state index contributed by atoms with van der Waals surface area (Å²) in [5, 5.41) is 9.11. The summed E-state index contributed by atoms with van der Waals surface area (Å²) >= 11 is 4.78. The number of imidazole rings is 1. The molecule has 7 heteroatoms. The molecule has 0 atom stereocenters. The van der Waals surface area contributed by atoms with Gasteiger partial charge in [0.25, 0.3) is 0 Å². The minimum Gasteiger partial charge on any atom is -0.478 e. The molecule has 5 nitrogen and oxygen atoms in total. The zero-order chi connectivity index (χ0) is 14.8. The number of rotatable bonds is 4. The Morgan fingerprint density at radius 2 is 2.29 bits per heavy atom. The first-order valence-electron chi connectivity index (χ1n) is 6.08. The van der Waals surface area contributed by atoms with Gasteiger partial charge in [0.15, 0.2) is 0 Å². The number of carboxylic acid groups (broad SMARTS) is 1. The SMILES string of the molecule is O=C(O)c1cc(SCc2cn3cccnc3n2)ccc1Br. The van der Waals surface area contributed by atoms with E-state index in [2.05, 4.69) is 25.9 Å². The van der Waals surface area contributed by atoms with Gasteiger partial charge < -0.3 is 5.11 Å². The molecule has 0 aliphatic rings. The number of halogens is 1. The number of hydrogen-bond acceptors (Lipinski definition) is 4. The van der Waals surface area contributed by atoms with Gasteiger partial charge in [-0.25, -0.2) is 14.8 Å². The summed E-state index contributed by atoms with van der Waals surface area (Å²) in [5.41, 5.74) is 1.16. The average molecular weight is 364 g/mol. The lowest BCUT2D eigenvalue weighted by Gasteiger charge is -2.03. The molecule has 0 amide bonds. The van der Waals surface area contributed by atoms with Crippen molar-refractivity contribution in [3.05, 3.63) is 58.6 Å². The van der Waals surface area contributed by atoms with Crippen molar-refractivity contribution in [1.29, 1.82) is 0 Å². The van der Waals surface area contributed by atoms with Crippen LogP contribution in [0.2, 0.25) is 0 Å². The summed E-state index contributed by atoms with van der Waals surface area (Å²) in [4.78, 5) is 20.6. The molecule has 0 spiro atoms. The number of carboxylic acids is 1. The number of fused-ring (bicyclic) bond motifs is 1. The first-order chi connectivity index (χ1) is 10.1. The Balaban J connectivity index is 1.78. The highest BCUT2D eigenvalue weighted by Gasteiger charge is 2.10. The number of carbonyl (C=O) groups is 1. The lowest BCUT2D eigenvalue weighted by Crippen LogP contribution is -1.97. The molecule has 0 saturated carbocycles. The zero-order valence-electron chi connectivity index (χ0n) is 10.7. The quantitative estimate of drug-likeness (QED) is 0.718. The number of hydrogen-bond donors (Lipinski definition) is 1. The lowest BCUT2D eigenvalue weighted by atomic mass is 10.2. The predicted molar refractivity (Wildman–Crippen MR) is 83.6 cm³/mol. The van der Waals surface area contributed by atoms with E-state index >= 15 is 0 Å². The first-order valence-corrected chi connectivity index (χ1v) is 7.85. The van der Waals surface area contributed by atoms with Gasteiger partial charge >= 0.3 is 5.97 Å². The van der Waals surface area contributed by atoms with Crippen LogP contribution in [0, 0.1) is 0 Å². The van der Waals surface area contributed by atoms with Crippen LogP contribution < -0.4 is 0 Å². The van der Waals surface area contributed by atoms with E-state index in [-0.39, 0.29) is 5.56 Å². The normalized spacial score (nSPS) is 10.9. The summed E-state index contributed by atoms with van der Waals surface area (Å²) in [6.07, 6.45) is 5.52. The van der Waals surface area contributed by atoms with E-state index in [1.165, 1.54) is 0 Å². The van der Waals surface area contributed by atoms with Crippen LogP contribution >= 0.6 is 27.7 Å². The first kappa shape index (κ1) is 14.1. The number of aromatic carboxylic acids is 1. The number of thioether (sulfide) groups is 1. The average Bonchev–Trinajstić information content (AvgIpc) is 2.89. The van der Waals surface area contributed by atoms with Crippen molar-refractivity contribution < 1.29 is 9.90 Å². The molecule has 106 valence electrons. The second-order valence-corrected chi connectivity index (χ2v) is 6.20. The molecule has 2 aromatic heterocycles. The fourth-order valence-electron chi connectivity index (χ4n) is 1.86. The highest BCUT2D eigenvalue weighted by atomic mass is 79.9. The third kappa shape index (κ3) is 3.08. The highest BCUT2D eigenvalue weighted by molar-refractivity contribution is 9.10. The predicted octanol–water partition coefficient (Wildman–Crippen LogP) is 3.48. The van der Waals surface area contributed by atoms with Crippen molar-refractivity contribution >= 4 is 39.4 Å². The largest absolute Gasteiger partial charge is 0.478 e. The van der Waals surface area contributed by atoms with Gasteiger partial charge in [-0.2, -0.15) is 0 Å². The topological polar surface area (TPSA) is 67.5 Å². The van der Waals surface area contributed by atoms with Gasteiger partial charge in [-0.15, -0.1) is 11.8 Å². The van der Waals surface area contributed by atoms with Crippen molar-refractivity contribution in [2.24, 2.45) is 0 Å². The summed E-state index contributed by atoms with van der Waals surface area (Å²) in [5.74, 6) is 0.376. The molecule has 0 aliphatic heterocycles. The molecular formula is C14H10BrN3O2S. The highest BCUT2D eigenvalue weighted by Crippen LogP contribution is 2.27. The molecule has 3 rings (SSSR count). The Kier molecular flexibility index (Phi) is 3.94. The van der Waals surface area contributed by atoms with Crippen LogP contribution in [0.5, 0.6) is 0 Å². The van der Waals surface area contributed by atoms with Crippen LogP contribution in [0.4, 0.5) is 0 Å². The van der Waals surface area contributed by atoms with Crippen LogP contribution in [0.1, 0.15) is 16.1 Å². The van der Waals surface area contributed by atoms with E-state index in [0.717, 1.165) is 10.6 Å². The van der Waals surface area contributed by atoms with Crippen LogP contribution in [-0.4, -0.2) is 25.4 Å². The minimum atomic E-state index is -0.943. The van der Waals surface area contributed by atoms with Gasteiger partial charge in [0.1, 0.15) is 0 Å². The standard InChI is InChI=1S/C14H10BrN3O2S/c15-12-3-2-10(6-11(12)13(19)20)21-8-9-7-18-5-1-4-16-14(18)17-9/h1-7H,8H2,(H,19,20). The second-order valence-electron chi connectivity index (χ2n) is 4.29. The number of benzene rings is 1. The molecule has 0 fully saturated rings.